The maximum absolute atomic E-state index is 12.8. The molecule has 5 heterocycles. The molecule has 4 aromatic rings. The second-order valence-corrected chi connectivity index (χ2v) is 12.7. The van der Waals surface area contributed by atoms with E-state index in [2.05, 4.69) is 26.4 Å². The summed E-state index contributed by atoms with van der Waals surface area (Å²) in [6.45, 7) is 9.28. The van der Waals surface area contributed by atoms with E-state index in [1.54, 1.807) is 35.2 Å². The van der Waals surface area contributed by atoms with Crippen molar-refractivity contribution in [3.05, 3.63) is 71.4 Å². The van der Waals surface area contributed by atoms with Crippen LogP contribution in [-0.2, 0) is 9.53 Å². The molecule has 0 radical (unpaired) electrons. The van der Waals surface area contributed by atoms with Gasteiger partial charge in [0, 0.05) is 48.6 Å². The van der Waals surface area contributed by atoms with Gasteiger partial charge in [0.25, 0.3) is 5.91 Å². The van der Waals surface area contributed by atoms with E-state index < -0.39 is 11.1 Å². The highest BCUT2D eigenvalue weighted by Gasteiger charge is 2.33. The van der Waals surface area contributed by atoms with Gasteiger partial charge in [-0.25, -0.2) is 14.5 Å². The topological polar surface area (TPSA) is 135 Å². The number of nitriles is 1. The van der Waals surface area contributed by atoms with Gasteiger partial charge in [-0.1, -0.05) is 11.6 Å². The van der Waals surface area contributed by atoms with Crippen molar-refractivity contribution in [2.45, 2.75) is 64.5 Å². The molecule has 1 N–H and O–H groups in total. The second-order valence-electron chi connectivity index (χ2n) is 12.3. The predicted octanol–water partition coefficient (Wildman–Crippen LogP) is 5.61. The van der Waals surface area contributed by atoms with E-state index in [4.69, 9.17) is 26.1 Å². The summed E-state index contributed by atoms with van der Waals surface area (Å²) >= 11 is 6.17. The normalized spacial score (nSPS) is 14.5. The minimum atomic E-state index is -0.526. The van der Waals surface area contributed by atoms with Crippen molar-refractivity contribution in [1.29, 1.82) is 5.26 Å². The van der Waals surface area contributed by atoms with Crippen LogP contribution in [0.25, 0.3) is 16.6 Å². The van der Waals surface area contributed by atoms with E-state index in [9.17, 15) is 14.9 Å². The van der Waals surface area contributed by atoms with Crippen molar-refractivity contribution in [3.63, 3.8) is 0 Å². The summed E-state index contributed by atoms with van der Waals surface area (Å²) in [6.07, 6.45) is 8.78. The molecule has 0 bridgehead atoms. The number of anilines is 1. The third-order valence-electron chi connectivity index (χ3n) is 7.56. The molecule has 0 aliphatic carbocycles. The Hall–Kier alpha value is -4.69. The van der Waals surface area contributed by atoms with Gasteiger partial charge in [0.2, 0.25) is 0 Å². The van der Waals surface area contributed by atoms with Gasteiger partial charge in [0.1, 0.15) is 28.9 Å². The molecule has 0 saturated carbocycles. The van der Waals surface area contributed by atoms with Crippen molar-refractivity contribution in [2.75, 3.05) is 24.6 Å². The lowest BCUT2D eigenvalue weighted by atomic mass is 9.89. The van der Waals surface area contributed by atoms with Crippen molar-refractivity contribution >= 4 is 34.8 Å². The molecule has 1 saturated heterocycles. The number of nitrogens with zero attached hydrogens (tertiary/aromatic N) is 6. The van der Waals surface area contributed by atoms with Crippen LogP contribution in [-0.4, -0.2) is 62.3 Å². The van der Waals surface area contributed by atoms with Crippen LogP contribution in [0.2, 0.25) is 5.02 Å². The van der Waals surface area contributed by atoms with E-state index >= 15 is 0 Å². The molecule has 1 amide bonds. The van der Waals surface area contributed by atoms with E-state index in [0.29, 0.717) is 48.0 Å². The van der Waals surface area contributed by atoms with E-state index in [-0.39, 0.29) is 24.0 Å². The Morgan fingerprint density at radius 1 is 1.16 bits per heavy atom. The van der Waals surface area contributed by atoms with Crippen molar-refractivity contribution in [2.24, 2.45) is 0 Å². The molecule has 234 valence electrons. The molecular weight excluding hydrogens is 594 g/mol. The van der Waals surface area contributed by atoms with Gasteiger partial charge in [-0.05, 0) is 77.3 Å². The first-order valence-corrected chi connectivity index (χ1v) is 15.2. The van der Waals surface area contributed by atoms with Crippen LogP contribution >= 0.6 is 11.6 Å². The third-order valence-corrected chi connectivity index (χ3v) is 7.86. The number of esters is 1. The number of nitrogens with one attached hydrogen (secondary N) is 1. The summed E-state index contributed by atoms with van der Waals surface area (Å²) in [5, 5.41) is 17.5. The summed E-state index contributed by atoms with van der Waals surface area (Å²) in [5.74, 6) is 0.829. The van der Waals surface area contributed by atoms with Gasteiger partial charge in [0.15, 0.2) is 0 Å². The Bertz CT molecular complexity index is 1730. The molecule has 0 aromatic carbocycles. The molecule has 11 nitrogen and oxygen atoms in total. The van der Waals surface area contributed by atoms with Gasteiger partial charge in [0.05, 0.1) is 35.1 Å². The zero-order chi connectivity index (χ0) is 32.2. The Balaban J connectivity index is 1.26. The fourth-order valence-electron chi connectivity index (χ4n) is 5.25. The summed E-state index contributed by atoms with van der Waals surface area (Å²) in [7, 11) is 0. The average Bonchev–Trinajstić information content (AvgIpc) is 3.42. The molecule has 5 rings (SSSR count). The number of carbonyl (C=O) groups is 2. The lowest BCUT2D eigenvalue weighted by Crippen LogP contribution is -2.53. The van der Waals surface area contributed by atoms with Crippen LogP contribution in [0, 0.1) is 11.3 Å². The molecule has 0 spiro atoms. The van der Waals surface area contributed by atoms with Crippen molar-refractivity contribution in [1.82, 2.24) is 24.9 Å². The summed E-state index contributed by atoms with van der Waals surface area (Å²) < 4.78 is 13.0. The fourth-order valence-corrected chi connectivity index (χ4v) is 5.46. The largest absolute Gasteiger partial charge is 0.492 e. The van der Waals surface area contributed by atoms with E-state index in [1.807, 2.05) is 45.9 Å². The van der Waals surface area contributed by atoms with Gasteiger partial charge < -0.3 is 19.7 Å². The minimum absolute atomic E-state index is 0.224. The highest BCUT2D eigenvalue weighted by Crippen LogP contribution is 2.32. The van der Waals surface area contributed by atoms with E-state index in [1.165, 1.54) is 6.20 Å². The molecule has 45 heavy (non-hydrogen) atoms. The molecule has 12 heteroatoms. The van der Waals surface area contributed by atoms with Gasteiger partial charge in [-0.15, -0.1) is 0 Å². The standard InChI is InChI=1S/C33H36ClN7O4/c1-32(2,3)45-28(42)8-6-16-44-24-17-25(30-23(18-35)20-38-41(30)21-24)22-9-10-27(37-19-22)40-14-11-33(4,12-15-40)39-31(43)29-26(34)7-5-13-36-29/h5,7,9-10,13,17,19-21H,6,8,11-12,14-16H2,1-4H3,(H,39,43). The molecular formula is C33H36ClN7O4. The lowest BCUT2D eigenvalue weighted by Gasteiger charge is -2.40. The first kappa shape index (κ1) is 31.7. The number of ether oxygens (including phenoxy) is 2. The Kier molecular flexibility index (Phi) is 9.25. The zero-order valence-corrected chi connectivity index (χ0v) is 26.6. The minimum Gasteiger partial charge on any atom is -0.492 e. The van der Waals surface area contributed by atoms with Crippen LogP contribution < -0.4 is 15.0 Å². The highest BCUT2D eigenvalue weighted by atomic mass is 35.5. The van der Waals surface area contributed by atoms with Gasteiger partial charge in [-0.2, -0.15) is 10.4 Å². The highest BCUT2D eigenvalue weighted by molar-refractivity contribution is 6.33. The van der Waals surface area contributed by atoms with Crippen LogP contribution in [0.5, 0.6) is 5.75 Å². The number of pyridine rings is 3. The van der Waals surface area contributed by atoms with Crippen LogP contribution in [0.15, 0.2) is 55.1 Å². The number of hydrogen-bond donors (Lipinski definition) is 1. The lowest BCUT2D eigenvalue weighted by molar-refractivity contribution is -0.155. The number of hydrogen-bond acceptors (Lipinski definition) is 9. The number of amides is 1. The van der Waals surface area contributed by atoms with Gasteiger partial charge >= 0.3 is 5.97 Å². The second kappa shape index (κ2) is 13.1. The molecule has 4 aromatic heterocycles. The monoisotopic (exact) mass is 629 g/mol. The van der Waals surface area contributed by atoms with Crippen LogP contribution in [0.3, 0.4) is 0 Å². The van der Waals surface area contributed by atoms with Gasteiger partial charge in [-0.3, -0.25) is 9.59 Å². The number of fused-ring (bicyclic) bond motifs is 1. The number of rotatable bonds is 9. The summed E-state index contributed by atoms with van der Waals surface area (Å²) in [5.41, 5.74) is 1.96. The third kappa shape index (κ3) is 7.70. The van der Waals surface area contributed by atoms with E-state index in [0.717, 1.165) is 29.8 Å². The summed E-state index contributed by atoms with van der Waals surface area (Å²) in [4.78, 5) is 35.9. The Morgan fingerprint density at radius 2 is 1.93 bits per heavy atom. The molecule has 0 unspecified atom stereocenters. The molecule has 1 fully saturated rings. The SMILES string of the molecule is CC1(NC(=O)c2ncccc2Cl)CCN(c2ccc(-c3cc(OCCCC(=O)OC(C)(C)C)cn4ncc(C#N)c34)cn2)CC1. The summed E-state index contributed by atoms with van der Waals surface area (Å²) in [6, 6.07) is 11.4. The molecule has 0 atom stereocenters. The fraction of sp³-hybridized carbons (Fsp3) is 0.394. The number of carbonyl (C=O) groups excluding carboxylic acids is 2. The van der Waals surface area contributed by atoms with Crippen molar-refractivity contribution < 1.29 is 19.1 Å². The Labute approximate surface area is 267 Å². The number of halogens is 1. The van der Waals surface area contributed by atoms with Crippen LogP contribution in [0.1, 0.15) is 69.4 Å². The maximum atomic E-state index is 12.8. The first-order chi connectivity index (χ1) is 21.4. The zero-order valence-electron chi connectivity index (χ0n) is 25.8. The smallest absolute Gasteiger partial charge is 0.306 e. The van der Waals surface area contributed by atoms with Crippen LogP contribution in [0.4, 0.5) is 5.82 Å². The quantitative estimate of drug-likeness (QED) is 0.185. The average molecular weight is 630 g/mol. The van der Waals surface area contributed by atoms with Crippen molar-refractivity contribution in [3.8, 4) is 22.9 Å². The molecule has 1 aliphatic rings. The Morgan fingerprint density at radius 3 is 2.60 bits per heavy atom. The number of piperidine rings is 1. The number of aromatic nitrogens is 4. The molecule has 1 aliphatic heterocycles. The predicted molar refractivity (Wildman–Crippen MR) is 170 cm³/mol. The first-order valence-electron chi connectivity index (χ1n) is 14.9. The maximum Gasteiger partial charge on any atom is 0.306 e.